The van der Waals surface area contributed by atoms with Gasteiger partial charge in [-0.25, -0.2) is 9.59 Å². The van der Waals surface area contributed by atoms with E-state index in [4.69, 9.17) is 0 Å². The van der Waals surface area contributed by atoms with Crippen LogP contribution in [0.4, 0.5) is 23.8 Å². The van der Waals surface area contributed by atoms with Crippen molar-refractivity contribution in [1.82, 2.24) is 14.6 Å². The second-order valence-electron chi connectivity index (χ2n) is 8.47. The number of esters is 2. The average molecular weight is 480 g/mol. The molecule has 2 aliphatic heterocycles. The van der Waals surface area contributed by atoms with Crippen LogP contribution in [0, 0.1) is 6.92 Å². The summed E-state index contributed by atoms with van der Waals surface area (Å²) >= 11 is 0. The van der Waals surface area contributed by atoms with Gasteiger partial charge in [-0.3, -0.25) is 24.7 Å². The largest absolute Gasteiger partial charge is 0.491 e. The quantitative estimate of drug-likeness (QED) is 0.533. The first-order valence-corrected chi connectivity index (χ1v) is 10.8. The summed E-state index contributed by atoms with van der Waals surface area (Å²) in [6.07, 6.45) is -1.73. The second-order valence-corrected chi connectivity index (χ2v) is 8.47. The molecule has 0 saturated carbocycles. The Morgan fingerprint density at radius 1 is 1.15 bits per heavy atom. The van der Waals surface area contributed by atoms with Gasteiger partial charge in [-0.15, -0.1) is 0 Å². The van der Waals surface area contributed by atoms with Crippen molar-refractivity contribution in [2.75, 3.05) is 31.1 Å². The molecular formula is C22H23F3N4O5. The third-order valence-corrected chi connectivity index (χ3v) is 6.15. The number of nitrogens with zero attached hydrogens (tertiary/aromatic N) is 3. The first kappa shape index (κ1) is 23.7. The average Bonchev–Trinajstić information content (AvgIpc) is 3.09. The molecular weight excluding hydrogens is 457 g/mol. The van der Waals surface area contributed by atoms with E-state index in [1.165, 1.54) is 4.90 Å². The first-order chi connectivity index (χ1) is 16.0. The van der Waals surface area contributed by atoms with Crippen LogP contribution in [-0.2, 0) is 19.1 Å². The Morgan fingerprint density at radius 3 is 2.50 bits per heavy atom. The fourth-order valence-electron chi connectivity index (χ4n) is 4.40. The fraction of sp³-hybridized carbons (Fsp3) is 0.455. The maximum Gasteiger partial charge on any atom is 0.491 e. The van der Waals surface area contributed by atoms with E-state index in [1.807, 2.05) is 35.7 Å². The molecule has 1 N–H and O–H groups in total. The van der Waals surface area contributed by atoms with Crippen molar-refractivity contribution in [3.05, 3.63) is 35.5 Å². The minimum atomic E-state index is -5.21. The molecule has 2 aromatic rings. The molecule has 2 aliphatic rings. The number of alkyl halides is 3. The number of pyridine rings is 1. The summed E-state index contributed by atoms with van der Waals surface area (Å²) in [5.41, 5.74) is 2.93. The SMILES string of the molecule is Cc1cc(N2CCC(=O)NC2=O)n2cc(C3CCN(CC(=O)OC(=O)C(F)(F)F)CC3)ccc12. The summed E-state index contributed by atoms with van der Waals surface area (Å²) in [5, 5.41) is 2.33. The van der Waals surface area contributed by atoms with Gasteiger partial charge in [0.25, 0.3) is 0 Å². The highest BCUT2D eigenvalue weighted by Crippen LogP contribution is 2.32. The number of fused-ring (bicyclic) bond motifs is 1. The van der Waals surface area contributed by atoms with Gasteiger partial charge in [0.2, 0.25) is 5.91 Å². The molecule has 4 heterocycles. The van der Waals surface area contributed by atoms with Crippen LogP contribution in [0.25, 0.3) is 5.52 Å². The Morgan fingerprint density at radius 2 is 1.85 bits per heavy atom. The van der Waals surface area contributed by atoms with E-state index in [9.17, 15) is 32.3 Å². The number of aryl methyl sites for hydroxylation is 1. The lowest BCUT2D eigenvalue weighted by Gasteiger charge is -2.31. The first-order valence-electron chi connectivity index (χ1n) is 10.8. The van der Waals surface area contributed by atoms with E-state index in [1.54, 1.807) is 4.90 Å². The summed E-state index contributed by atoms with van der Waals surface area (Å²) in [5.74, 6) is -3.24. The van der Waals surface area contributed by atoms with Crippen LogP contribution in [0.1, 0.15) is 36.3 Å². The summed E-state index contributed by atoms with van der Waals surface area (Å²) in [4.78, 5) is 49.5. The number of anilines is 1. The third-order valence-electron chi connectivity index (χ3n) is 6.15. The molecule has 182 valence electrons. The fourth-order valence-corrected chi connectivity index (χ4v) is 4.40. The Bertz CT molecular complexity index is 1150. The number of aromatic nitrogens is 1. The van der Waals surface area contributed by atoms with Gasteiger partial charge in [0.15, 0.2) is 0 Å². The van der Waals surface area contributed by atoms with Crippen LogP contribution in [0.3, 0.4) is 0 Å². The predicted octanol–water partition coefficient (Wildman–Crippen LogP) is 2.51. The predicted molar refractivity (Wildman–Crippen MR) is 113 cm³/mol. The summed E-state index contributed by atoms with van der Waals surface area (Å²) in [6, 6.07) is 5.39. The Balaban J connectivity index is 1.43. The van der Waals surface area contributed by atoms with Crippen molar-refractivity contribution >= 4 is 35.2 Å². The van der Waals surface area contributed by atoms with Gasteiger partial charge in [0.1, 0.15) is 5.82 Å². The van der Waals surface area contributed by atoms with E-state index in [0.29, 0.717) is 31.7 Å². The zero-order chi connectivity index (χ0) is 24.6. The monoisotopic (exact) mass is 480 g/mol. The number of imide groups is 1. The van der Waals surface area contributed by atoms with Gasteiger partial charge < -0.3 is 9.14 Å². The maximum absolute atomic E-state index is 12.3. The summed E-state index contributed by atoms with van der Waals surface area (Å²) < 4.78 is 42.5. The smallest absolute Gasteiger partial charge is 0.385 e. The van der Waals surface area contributed by atoms with Crippen molar-refractivity contribution in [3.8, 4) is 0 Å². The molecule has 3 amide bonds. The molecule has 0 unspecified atom stereocenters. The zero-order valence-corrected chi connectivity index (χ0v) is 18.4. The standard InChI is InChI=1S/C22H23F3N4O5/c1-13-10-18(28-9-6-17(30)26-21(28)33)29-11-15(2-3-16(13)29)14-4-7-27(8-5-14)12-19(31)34-20(32)22(23,24)25/h2-3,10-11,14H,4-9,12H2,1H3,(H,26,30,33). The molecule has 34 heavy (non-hydrogen) atoms. The number of carbonyl (C=O) groups excluding carboxylic acids is 4. The Kier molecular flexibility index (Phi) is 6.34. The number of ether oxygens (including phenoxy) is 1. The highest BCUT2D eigenvalue weighted by atomic mass is 19.4. The lowest BCUT2D eigenvalue weighted by molar-refractivity contribution is -0.202. The maximum atomic E-state index is 12.3. The molecule has 0 aromatic carbocycles. The lowest BCUT2D eigenvalue weighted by Crippen LogP contribution is -2.50. The minimum absolute atomic E-state index is 0.140. The molecule has 4 rings (SSSR count). The Labute approximate surface area is 192 Å². The van der Waals surface area contributed by atoms with E-state index in [-0.39, 0.29) is 24.8 Å². The number of piperidine rings is 1. The summed E-state index contributed by atoms with van der Waals surface area (Å²) in [7, 11) is 0. The van der Waals surface area contributed by atoms with Crippen molar-refractivity contribution in [1.29, 1.82) is 0 Å². The minimum Gasteiger partial charge on any atom is -0.385 e. The number of likely N-dealkylation sites (tertiary alicyclic amines) is 1. The van der Waals surface area contributed by atoms with E-state index in [2.05, 4.69) is 10.1 Å². The lowest BCUT2D eigenvalue weighted by atomic mass is 9.90. The van der Waals surface area contributed by atoms with Gasteiger partial charge >= 0.3 is 24.1 Å². The van der Waals surface area contributed by atoms with Crippen molar-refractivity contribution in [2.24, 2.45) is 0 Å². The van der Waals surface area contributed by atoms with Crippen LogP contribution in [0.2, 0.25) is 0 Å². The number of nitrogens with one attached hydrogen (secondary N) is 1. The second kappa shape index (κ2) is 9.09. The van der Waals surface area contributed by atoms with E-state index >= 15 is 0 Å². The normalized spacial score (nSPS) is 18.3. The molecule has 0 spiro atoms. The van der Waals surface area contributed by atoms with Crippen LogP contribution in [0.5, 0.6) is 0 Å². The molecule has 0 bridgehead atoms. The molecule has 2 saturated heterocycles. The van der Waals surface area contributed by atoms with Crippen LogP contribution in [-0.4, -0.2) is 65.5 Å². The van der Waals surface area contributed by atoms with Crippen molar-refractivity contribution < 1.29 is 37.1 Å². The summed E-state index contributed by atoms with van der Waals surface area (Å²) in [6.45, 7) is 2.73. The molecule has 0 radical (unpaired) electrons. The number of hydrogen-bond acceptors (Lipinski definition) is 6. The molecule has 2 aromatic heterocycles. The third kappa shape index (κ3) is 4.91. The number of halogens is 3. The van der Waals surface area contributed by atoms with E-state index < -0.39 is 30.7 Å². The van der Waals surface area contributed by atoms with Crippen molar-refractivity contribution in [3.63, 3.8) is 0 Å². The molecule has 0 aliphatic carbocycles. The van der Waals surface area contributed by atoms with Gasteiger partial charge in [-0.2, -0.15) is 13.2 Å². The number of rotatable bonds is 4. The highest BCUT2D eigenvalue weighted by molar-refractivity contribution is 6.05. The molecule has 12 heteroatoms. The molecule has 0 atom stereocenters. The van der Waals surface area contributed by atoms with Crippen molar-refractivity contribution in [2.45, 2.75) is 38.3 Å². The van der Waals surface area contributed by atoms with Gasteiger partial charge in [-0.1, -0.05) is 6.07 Å². The zero-order valence-electron chi connectivity index (χ0n) is 18.4. The van der Waals surface area contributed by atoms with Crippen LogP contribution >= 0.6 is 0 Å². The van der Waals surface area contributed by atoms with Gasteiger partial charge in [0.05, 0.1) is 6.54 Å². The van der Waals surface area contributed by atoms with Crippen LogP contribution < -0.4 is 10.2 Å². The molecule has 2 fully saturated rings. The van der Waals surface area contributed by atoms with Gasteiger partial charge in [-0.05, 0) is 62.0 Å². The number of urea groups is 1. The van der Waals surface area contributed by atoms with E-state index in [0.717, 1.165) is 16.6 Å². The van der Waals surface area contributed by atoms with Crippen LogP contribution in [0.15, 0.2) is 24.4 Å². The Hall–Kier alpha value is -3.41. The topological polar surface area (TPSA) is 100 Å². The number of carbonyl (C=O) groups is 4. The number of amides is 3. The highest BCUT2D eigenvalue weighted by Gasteiger charge is 2.42. The van der Waals surface area contributed by atoms with Gasteiger partial charge in [0, 0.05) is 24.7 Å². The number of hydrogen-bond donors (Lipinski definition) is 1. The molecule has 9 nitrogen and oxygen atoms in total.